The molecule has 0 saturated carbocycles. The molecule has 1 amide bonds. The number of rotatable bonds is 5. The molecular weight excluding hydrogens is 437 g/mol. The molecule has 2 fully saturated rings. The Balaban J connectivity index is 1.43. The first-order valence-electron chi connectivity index (χ1n) is 9.61. The van der Waals surface area contributed by atoms with Gasteiger partial charge < -0.3 is 0 Å². The molecule has 2 heterocycles. The first-order valence-corrected chi connectivity index (χ1v) is 11.9. The summed E-state index contributed by atoms with van der Waals surface area (Å²) >= 11 is 5.54. The van der Waals surface area contributed by atoms with Gasteiger partial charge in [-0.1, -0.05) is 0 Å². The number of hydrogen-bond donors (Lipinski definition) is 0. The third-order valence-corrected chi connectivity index (χ3v) is 8.66. The van der Waals surface area contributed by atoms with E-state index in [0.29, 0.717) is 29.6 Å². The zero-order valence-electron chi connectivity index (χ0n) is 15.5. The normalized spacial score (nSPS) is 23.9. The third-order valence-electron chi connectivity index (χ3n) is 5.28. The van der Waals surface area contributed by atoms with E-state index in [1.54, 1.807) is 0 Å². The van der Waals surface area contributed by atoms with Crippen LogP contribution in [0.25, 0.3) is 0 Å². The monoisotopic (exact) mass is 461 g/mol. The van der Waals surface area contributed by atoms with Gasteiger partial charge in [-0.25, -0.2) is 0 Å². The Morgan fingerprint density at radius 2 is 1.82 bits per heavy atom. The molecule has 3 atom stereocenters. The molecule has 0 spiro atoms. The molecule has 2 aliphatic heterocycles. The number of amides is 1. The number of ether oxygens (including phenoxy) is 2. The van der Waals surface area contributed by atoms with Crippen LogP contribution in [-0.2, 0) is 9.53 Å². The number of carbonyl (C=O) groups excluding carboxylic acids is 1. The van der Waals surface area contributed by atoms with E-state index in [1.807, 2.05) is 36.4 Å². The number of nitrogens with zero attached hydrogens (tertiary/aromatic N) is 1. The van der Waals surface area contributed by atoms with Crippen LogP contribution >= 0.6 is 12.2 Å². The molecule has 2 aromatic carbocycles. The van der Waals surface area contributed by atoms with Gasteiger partial charge in [0.1, 0.15) is 0 Å². The molecule has 0 radical (unpaired) electrons. The van der Waals surface area contributed by atoms with Crippen LogP contribution < -0.4 is 9.20 Å². The number of carbonyl (C=O) groups is 1. The van der Waals surface area contributed by atoms with Gasteiger partial charge in [0.25, 0.3) is 0 Å². The number of piperidine rings is 1. The summed E-state index contributed by atoms with van der Waals surface area (Å²) in [6, 6.07) is 20.3. The van der Waals surface area contributed by atoms with E-state index in [9.17, 15) is 4.79 Å². The Morgan fingerprint density at radius 3 is 2.57 bits per heavy atom. The summed E-state index contributed by atoms with van der Waals surface area (Å²) in [4.78, 5) is 15.2. The van der Waals surface area contributed by atoms with Crippen molar-refractivity contribution >= 4 is 42.8 Å². The minimum absolute atomic E-state index is 0.124. The number of thiocarbonyl (C=S) groups is 1. The van der Waals surface area contributed by atoms with Crippen molar-refractivity contribution in [2.45, 2.75) is 30.1 Å². The molecule has 0 bridgehead atoms. The molecule has 6 heteroatoms. The summed E-state index contributed by atoms with van der Waals surface area (Å²) < 4.78 is 12.8. The van der Waals surface area contributed by atoms with E-state index >= 15 is 0 Å². The molecule has 0 unspecified atom stereocenters. The second-order valence-corrected chi connectivity index (χ2v) is 10.1. The summed E-state index contributed by atoms with van der Waals surface area (Å²) in [5.74, 6) is 1.09. The Kier molecular flexibility index (Phi) is 6.30. The minimum atomic E-state index is 0.124. The average molecular weight is 460 g/mol. The van der Waals surface area contributed by atoms with Crippen molar-refractivity contribution < 1.29 is 14.3 Å². The summed E-state index contributed by atoms with van der Waals surface area (Å²) in [7, 11) is 0. The van der Waals surface area contributed by atoms with Crippen LogP contribution in [0.15, 0.2) is 60.7 Å². The van der Waals surface area contributed by atoms with Gasteiger partial charge in [-0.2, -0.15) is 0 Å². The van der Waals surface area contributed by atoms with Gasteiger partial charge in [0.2, 0.25) is 0 Å². The molecule has 0 aliphatic carbocycles. The van der Waals surface area contributed by atoms with Crippen molar-refractivity contribution in [1.29, 1.82) is 0 Å². The van der Waals surface area contributed by atoms with E-state index in [-0.39, 0.29) is 32.0 Å². The van der Waals surface area contributed by atoms with Crippen LogP contribution in [0, 0.1) is 5.92 Å². The fraction of sp³-hybridized carbons (Fsp3) is 0.364. The maximum atomic E-state index is 12.6. The van der Waals surface area contributed by atoms with Gasteiger partial charge in [-0.15, -0.1) is 0 Å². The topological polar surface area (TPSA) is 38.8 Å². The van der Waals surface area contributed by atoms with Crippen LogP contribution in [0.5, 0.6) is 5.75 Å². The first kappa shape index (κ1) is 19.4. The summed E-state index contributed by atoms with van der Waals surface area (Å²) in [6.07, 6.45) is 2.72. The fourth-order valence-corrected chi connectivity index (χ4v) is 7.17. The van der Waals surface area contributed by atoms with Crippen molar-refractivity contribution in [3.63, 3.8) is 0 Å². The van der Waals surface area contributed by atoms with Crippen molar-refractivity contribution in [3.8, 4) is 5.75 Å². The predicted molar refractivity (Wildman–Crippen MR) is 114 cm³/mol. The molecule has 2 aromatic rings. The molecule has 28 heavy (non-hydrogen) atoms. The molecular formula is C22H23NO3SSe. The van der Waals surface area contributed by atoms with Gasteiger partial charge in [0.15, 0.2) is 0 Å². The summed E-state index contributed by atoms with van der Waals surface area (Å²) in [5, 5.41) is 0.124. The van der Waals surface area contributed by atoms with Crippen molar-refractivity contribution in [2.24, 2.45) is 5.92 Å². The Morgan fingerprint density at radius 1 is 1.11 bits per heavy atom. The molecule has 2 aliphatic rings. The molecule has 0 N–H and O–H groups in total. The Labute approximate surface area is 177 Å². The zero-order chi connectivity index (χ0) is 19.3. The van der Waals surface area contributed by atoms with Crippen LogP contribution in [0.3, 0.4) is 0 Å². The number of benzene rings is 2. The van der Waals surface area contributed by atoms with Gasteiger partial charge in [0, 0.05) is 0 Å². The van der Waals surface area contributed by atoms with Crippen LogP contribution in [0.2, 0.25) is 4.82 Å². The quantitative estimate of drug-likeness (QED) is 0.508. The molecule has 4 rings (SSSR count). The van der Waals surface area contributed by atoms with E-state index in [2.05, 4.69) is 29.2 Å². The molecule has 146 valence electrons. The predicted octanol–water partition coefficient (Wildman–Crippen LogP) is 3.20. The first-order chi connectivity index (χ1) is 13.7. The van der Waals surface area contributed by atoms with Crippen LogP contribution in [0.1, 0.15) is 19.3 Å². The van der Waals surface area contributed by atoms with E-state index < -0.39 is 0 Å². The third kappa shape index (κ3) is 4.57. The standard InChI is InChI=1S/C22H23NO3SSe/c24-20-14-16(15-25-22(27)26-17-8-3-1-4-9-17)21(19-12-7-13-23(19)20)28-18-10-5-2-6-11-18/h1-6,8-11,16,19,21H,7,12-15H2/t16-,19+,21-/m1/s1. The second kappa shape index (κ2) is 9.08. The summed E-state index contributed by atoms with van der Waals surface area (Å²) in [6.45, 7) is 1.33. The van der Waals surface area contributed by atoms with Crippen molar-refractivity contribution in [2.75, 3.05) is 13.2 Å². The van der Waals surface area contributed by atoms with Crippen LogP contribution in [0.4, 0.5) is 0 Å². The summed E-state index contributed by atoms with van der Waals surface area (Å²) in [5.41, 5.74) is 0. The van der Waals surface area contributed by atoms with E-state index in [1.165, 1.54) is 4.46 Å². The molecule has 0 aromatic heterocycles. The van der Waals surface area contributed by atoms with E-state index in [4.69, 9.17) is 21.7 Å². The second-order valence-electron chi connectivity index (χ2n) is 7.13. The average Bonchev–Trinajstić information content (AvgIpc) is 3.21. The van der Waals surface area contributed by atoms with Gasteiger partial charge in [0.05, 0.1) is 0 Å². The number of para-hydroxylation sites is 1. The molecule has 4 nitrogen and oxygen atoms in total. The number of hydrogen-bond acceptors (Lipinski definition) is 4. The van der Waals surface area contributed by atoms with Gasteiger partial charge in [-0.05, 0) is 0 Å². The number of fused-ring (bicyclic) bond motifs is 1. The van der Waals surface area contributed by atoms with Crippen LogP contribution in [-0.4, -0.2) is 50.2 Å². The Bertz CT molecular complexity index is 817. The fourth-order valence-electron chi connectivity index (χ4n) is 3.99. The SMILES string of the molecule is O=C1C[C@H](COC(=S)Oc2ccccc2)[C@@H]([Se]c2ccccc2)[C@@H]2CCCN12. The molecule has 2 saturated heterocycles. The zero-order valence-corrected chi connectivity index (χ0v) is 18.1. The van der Waals surface area contributed by atoms with Gasteiger partial charge >= 0.3 is 178 Å². The van der Waals surface area contributed by atoms with Gasteiger partial charge in [-0.3, -0.25) is 0 Å². The Hall–Kier alpha value is -1.88. The van der Waals surface area contributed by atoms with Crippen molar-refractivity contribution in [3.05, 3.63) is 60.7 Å². The maximum absolute atomic E-state index is 12.6. The van der Waals surface area contributed by atoms with E-state index in [0.717, 1.165) is 19.4 Å². The van der Waals surface area contributed by atoms with Crippen molar-refractivity contribution in [1.82, 2.24) is 4.90 Å².